The van der Waals surface area contributed by atoms with Crippen LogP contribution in [-0.4, -0.2) is 24.1 Å². The van der Waals surface area contributed by atoms with Crippen LogP contribution >= 0.6 is 0 Å². The van der Waals surface area contributed by atoms with Crippen LogP contribution in [0.2, 0.25) is 0 Å². The summed E-state index contributed by atoms with van der Waals surface area (Å²) in [5.74, 6) is 1.00. The molecule has 0 saturated heterocycles. The number of carbonyl (C=O) groups excluding carboxylic acids is 2. The summed E-state index contributed by atoms with van der Waals surface area (Å²) in [6.45, 7) is 19.1. The molecule has 0 fully saturated rings. The lowest BCUT2D eigenvalue weighted by Gasteiger charge is -2.23. The van der Waals surface area contributed by atoms with E-state index in [1.54, 1.807) is 0 Å². The Morgan fingerprint density at radius 3 is 1.47 bits per heavy atom. The first-order valence-electron chi connectivity index (χ1n) is 12.1. The van der Waals surface area contributed by atoms with Gasteiger partial charge in [0.2, 0.25) is 0 Å². The zero-order chi connectivity index (χ0) is 23.3. The van der Waals surface area contributed by atoms with E-state index in [2.05, 4.69) is 62.3 Å². The van der Waals surface area contributed by atoms with Gasteiger partial charge in [0.25, 0.3) is 0 Å². The molecule has 0 aliphatic carbocycles. The Morgan fingerprint density at radius 1 is 0.700 bits per heavy atom. The van der Waals surface area contributed by atoms with Crippen molar-refractivity contribution in [3.05, 3.63) is 11.6 Å². The summed E-state index contributed by atoms with van der Waals surface area (Å²) in [7, 11) is 0. The van der Waals surface area contributed by atoms with Gasteiger partial charge in [0.1, 0.15) is 12.2 Å². The van der Waals surface area contributed by atoms with Crippen LogP contribution in [0.4, 0.5) is 0 Å². The molecule has 0 unspecified atom stereocenters. The molecule has 0 aromatic rings. The molecule has 0 aromatic carbocycles. The van der Waals surface area contributed by atoms with Gasteiger partial charge in [-0.15, -0.1) is 0 Å². The van der Waals surface area contributed by atoms with E-state index in [9.17, 15) is 9.59 Å². The maximum atomic E-state index is 12.9. The molecule has 0 amide bonds. The molecule has 0 aliphatic rings. The highest BCUT2D eigenvalue weighted by Gasteiger charge is 2.22. The first-order chi connectivity index (χ1) is 13.9. The highest BCUT2D eigenvalue weighted by molar-refractivity contribution is 5.96. The minimum Gasteiger partial charge on any atom is -0.459 e. The van der Waals surface area contributed by atoms with Gasteiger partial charge in [-0.2, -0.15) is 0 Å². The third-order valence-corrected chi connectivity index (χ3v) is 4.85. The van der Waals surface area contributed by atoms with E-state index < -0.39 is 5.97 Å². The molecule has 0 atom stereocenters. The molecule has 0 aliphatic heterocycles. The van der Waals surface area contributed by atoms with Crippen LogP contribution in [0.25, 0.3) is 0 Å². The van der Waals surface area contributed by atoms with Crippen molar-refractivity contribution in [2.24, 2.45) is 23.7 Å². The molecule has 176 valence electrons. The topological polar surface area (TPSA) is 52.6 Å². The van der Waals surface area contributed by atoms with Gasteiger partial charge < -0.3 is 9.47 Å². The standard InChI is InChI=1S/C26H48O4/c1-10-11-12-22(26(28)30-24(15-20(6)7)16-21(8)9)17-25(27)29-23(13-18(2)3)14-19(4)5/h17-21,23-24H,10-16H2,1-9H3. The van der Waals surface area contributed by atoms with E-state index >= 15 is 0 Å². The summed E-state index contributed by atoms with van der Waals surface area (Å²) in [6, 6.07) is 0. The largest absolute Gasteiger partial charge is 0.459 e. The summed E-state index contributed by atoms with van der Waals surface area (Å²) in [6.07, 6.45) is 6.81. The number of hydrogen-bond donors (Lipinski definition) is 0. The van der Waals surface area contributed by atoms with Crippen molar-refractivity contribution >= 4 is 11.9 Å². The van der Waals surface area contributed by atoms with Crippen LogP contribution < -0.4 is 0 Å². The molecule has 0 heterocycles. The van der Waals surface area contributed by atoms with Gasteiger partial charge in [0.05, 0.1) is 0 Å². The molecule has 0 rings (SSSR count). The second kappa shape index (κ2) is 15.5. The second-order valence-corrected chi connectivity index (χ2v) is 10.4. The van der Waals surface area contributed by atoms with Crippen LogP contribution in [0.3, 0.4) is 0 Å². The average molecular weight is 425 g/mol. The van der Waals surface area contributed by atoms with Gasteiger partial charge >= 0.3 is 11.9 Å². The highest BCUT2D eigenvalue weighted by Crippen LogP contribution is 2.21. The van der Waals surface area contributed by atoms with Crippen LogP contribution in [0, 0.1) is 23.7 Å². The van der Waals surface area contributed by atoms with E-state index in [0.29, 0.717) is 35.7 Å². The van der Waals surface area contributed by atoms with Gasteiger partial charge in [-0.05, 0) is 62.2 Å². The van der Waals surface area contributed by atoms with Gasteiger partial charge in [0.15, 0.2) is 0 Å². The fourth-order valence-electron chi connectivity index (χ4n) is 3.66. The van der Waals surface area contributed by atoms with Crippen molar-refractivity contribution in [3.63, 3.8) is 0 Å². The van der Waals surface area contributed by atoms with E-state index in [1.807, 2.05) is 0 Å². The third kappa shape index (κ3) is 14.6. The maximum absolute atomic E-state index is 12.9. The van der Waals surface area contributed by atoms with Crippen molar-refractivity contribution in [2.75, 3.05) is 0 Å². The Kier molecular flexibility index (Phi) is 14.8. The smallest absolute Gasteiger partial charge is 0.334 e. The van der Waals surface area contributed by atoms with Crippen LogP contribution in [0.5, 0.6) is 0 Å². The normalized spacial score (nSPS) is 12.7. The fraction of sp³-hybridized carbons (Fsp3) is 0.846. The lowest BCUT2D eigenvalue weighted by Crippen LogP contribution is -2.24. The zero-order valence-electron chi connectivity index (χ0n) is 21.1. The highest BCUT2D eigenvalue weighted by atomic mass is 16.5. The van der Waals surface area contributed by atoms with Crippen molar-refractivity contribution < 1.29 is 19.1 Å². The fourth-order valence-corrected chi connectivity index (χ4v) is 3.66. The number of hydrogen-bond acceptors (Lipinski definition) is 4. The Balaban J connectivity index is 5.33. The molecular formula is C26H48O4. The minimum atomic E-state index is -0.423. The Hall–Kier alpha value is -1.32. The lowest BCUT2D eigenvalue weighted by molar-refractivity contribution is -0.148. The van der Waals surface area contributed by atoms with Gasteiger partial charge in [-0.1, -0.05) is 68.7 Å². The van der Waals surface area contributed by atoms with E-state index in [0.717, 1.165) is 38.5 Å². The minimum absolute atomic E-state index is 0.117. The third-order valence-electron chi connectivity index (χ3n) is 4.85. The molecule has 0 radical (unpaired) electrons. The van der Waals surface area contributed by atoms with E-state index in [1.165, 1.54) is 6.08 Å². The molecule has 0 aromatic heterocycles. The number of ether oxygens (including phenoxy) is 2. The SMILES string of the molecule is CCCCC(=CC(=O)OC(CC(C)C)CC(C)C)C(=O)OC(CC(C)C)CC(C)C. The maximum Gasteiger partial charge on any atom is 0.334 e. The number of unbranched alkanes of at least 4 members (excludes halogenated alkanes) is 1. The lowest BCUT2D eigenvalue weighted by atomic mass is 9.97. The number of rotatable bonds is 15. The first kappa shape index (κ1) is 28.7. The van der Waals surface area contributed by atoms with Gasteiger partial charge in [0, 0.05) is 11.6 Å². The second-order valence-electron chi connectivity index (χ2n) is 10.4. The van der Waals surface area contributed by atoms with Gasteiger partial charge in [-0.25, -0.2) is 9.59 Å². The summed E-state index contributed by atoms with van der Waals surface area (Å²) < 4.78 is 11.6. The summed E-state index contributed by atoms with van der Waals surface area (Å²) in [5.41, 5.74) is 0.437. The van der Waals surface area contributed by atoms with Crippen LogP contribution in [-0.2, 0) is 19.1 Å². The van der Waals surface area contributed by atoms with Gasteiger partial charge in [-0.3, -0.25) is 0 Å². The molecule has 4 heteroatoms. The van der Waals surface area contributed by atoms with Crippen molar-refractivity contribution in [3.8, 4) is 0 Å². The van der Waals surface area contributed by atoms with Crippen molar-refractivity contribution in [1.29, 1.82) is 0 Å². The molecule has 30 heavy (non-hydrogen) atoms. The van der Waals surface area contributed by atoms with E-state index in [4.69, 9.17) is 9.47 Å². The average Bonchev–Trinajstić information content (AvgIpc) is 2.55. The predicted octanol–water partition coefficient (Wildman–Crippen LogP) is 7.11. The molecule has 4 nitrogen and oxygen atoms in total. The predicted molar refractivity (Wildman–Crippen MR) is 125 cm³/mol. The Bertz CT molecular complexity index is 497. The van der Waals surface area contributed by atoms with Crippen LogP contribution in [0.1, 0.15) is 107 Å². The molecule has 0 bridgehead atoms. The summed E-state index contributed by atoms with van der Waals surface area (Å²) >= 11 is 0. The molecular weight excluding hydrogens is 376 g/mol. The van der Waals surface area contributed by atoms with Crippen LogP contribution in [0.15, 0.2) is 11.6 Å². The van der Waals surface area contributed by atoms with E-state index in [-0.39, 0.29) is 18.2 Å². The Labute approximate surface area is 186 Å². The number of carbonyl (C=O) groups is 2. The molecule has 0 N–H and O–H groups in total. The number of esters is 2. The van der Waals surface area contributed by atoms with Crippen molar-refractivity contribution in [1.82, 2.24) is 0 Å². The summed E-state index contributed by atoms with van der Waals surface area (Å²) in [4.78, 5) is 25.5. The quantitative estimate of drug-likeness (QED) is 0.208. The molecule has 0 saturated carbocycles. The van der Waals surface area contributed by atoms with Crippen molar-refractivity contribution in [2.45, 2.75) is 119 Å². The molecule has 0 spiro atoms. The Morgan fingerprint density at radius 2 is 1.10 bits per heavy atom. The first-order valence-corrected chi connectivity index (χ1v) is 12.1. The summed E-state index contributed by atoms with van der Waals surface area (Å²) in [5, 5.41) is 0. The zero-order valence-corrected chi connectivity index (χ0v) is 21.1. The monoisotopic (exact) mass is 424 g/mol.